The molecule has 4 heteroatoms. The number of nitrogens with two attached hydrogens (primary N) is 1. The number of anilines is 1. The number of aryl methyl sites for hydroxylation is 1. The monoisotopic (exact) mass is 260 g/mol. The lowest BCUT2D eigenvalue weighted by molar-refractivity contribution is 0.407. The lowest BCUT2D eigenvalue weighted by atomic mass is 9.98. The number of nitrogens with zero attached hydrogens (tertiary/aromatic N) is 1. The van der Waals surface area contributed by atoms with Gasteiger partial charge in [-0.15, -0.1) is 0 Å². The molecular weight excluding hydrogens is 240 g/mol. The molecule has 2 aromatic rings. The number of ether oxygens (including phenoxy) is 1. The Morgan fingerprint density at radius 1 is 1.37 bits per heavy atom. The Hall–Kier alpha value is -1.97. The van der Waals surface area contributed by atoms with Gasteiger partial charge in [-0.2, -0.15) is 4.98 Å². The smallest absolute Gasteiger partial charge is 0.292 e. The van der Waals surface area contributed by atoms with E-state index in [1.54, 1.807) is 7.11 Å². The molecule has 0 amide bonds. The summed E-state index contributed by atoms with van der Waals surface area (Å²) >= 11 is 0. The summed E-state index contributed by atoms with van der Waals surface area (Å²) in [6.07, 6.45) is 0.694. The van der Waals surface area contributed by atoms with Crippen molar-refractivity contribution >= 4 is 6.01 Å². The van der Waals surface area contributed by atoms with Crippen LogP contribution < -0.4 is 10.5 Å². The first-order chi connectivity index (χ1) is 9.01. The Kier molecular flexibility index (Phi) is 3.79. The molecule has 2 N–H and O–H groups in total. The molecule has 102 valence electrons. The highest BCUT2D eigenvalue weighted by Crippen LogP contribution is 2.28. The van der Waals surface area contributed by atoms with Crippen LogP contribution in [0, 0.1) is 6.92 Å². The molecule has 0 aliphatic carbocycles. The predicted molar refractivity (Wildman–Crippen MR) is 75.5 cm³/mol. The standard InChI is InChI=1S/C15H20N2O2/c1-9(2)12-7-11(5-6-13(12)18-4)8-14-10(3)17-15(16)19-14/h5-7,9H,8H2,1-4H3,(H2,16,17). The summed E-state index contributed by atoms with van der Waals surface area (Å²) in [7, 11) is 1.70. The third-order valence-corrected chi connectivity index (χ3v) is 3.19. The van der Waals surface area contributed by atoms with E-state index in [0.717, 1.165) is 17.2 Å². The molecule has 4 nitrogen and oxygen atoms in total. The van der Waals surface area contributed by atoms with Crippen molar-refractivity contribution in [3.05, 3.63) is 40.8 Å². The molecule has 1 aromatic carbocycles. The summed E-state index contributed by atoms with van der Waals surface area (Å²) in [6, 6.07) is 6.43. The van der Waals surface area contributed by atoms with Crippen molar-refractivity contribution < 1.29 is 9.15 Å². The Morgan fingerprint density at radius 3 is 2.63 bits per heavy atom. The lowest BCUT2D eigenvalue weighted by Crippen LogP contribution is -1.97. The maximum Gasteiger partial charge on any atom is 0.292 e. The maximum atomic E-state index is 5.56. The quantitative estimate of drug-likeness (QED) is 0.916. The minimum atomic E-state index is 0.227. The van der Waals surface area contributed by atoms with E-state index in [9.17, 15) is 0 Å². The highest BCUT2D eigenvalue weighted by Gasteiger charge is 2.12. The van der Waals surface area contributed by atoms with Crippen LogP contribution in [0.25, 0.3) is 0 Å². The van der Waals surface area contributed by atoms with Gasteiger partial charge >= 0.3 is 0 Å². The summed E-state index contributed by atoms with van der Waals surface area (Å²) in [4.78, 5) is 4.08. The zero-order chi connectivity index (χ0) is 14.0. The van der Waals surface area contributed by atoms with Gasteiger partial charge in [0.15, 0.2) is 0 Å². The summed E-state index contributed by atoms with van der Waals surface area (Å²) in [5.74, 6) is 2.15. The number of oxazole rings is 1. The normalized spacial score (nSPS) is 11.0. The van der Waals surface area contributed by atoms with E-state index in [1.807, 2.05) is 19.1 Å². The van der Waals surface area contributed by atoms with Crippen LogP contribution in [0.4, 0.5) is 6.01 Å². The van der Waals surface area contributed by atoms with Gasteiger partial charge in [-0.1, -0.05) is 26.0 Å². The fraction of sp³-hybridized carbons (Fsp3) is 0.400. The van der Waals surface area contributed by atoms with Crippen LogP contribution in [0.15, 0.2) is 22.6 Å². The fourth-order valence-corrected chi connectivity index (χ4v) is 2.14. The van der Waals surface area contributed by atoms with Gasteiger partial charge in [0.2, 0.25) is 0 Å². The van der Waals surface area contributed by atoms with Gasteiger partial charge in [-0.3, -0.25) is 0 Å². The van der Waals surface area contributed by atoms with Crippen molar-refractivity contribution in [1.82, 2.24) is 4.98 Å². The molecule has 0 aliphatic rings. The minimum Gasteiger partial charge on any atom is -0.496 e. The van der Waals surface area contributed by atoms with Gasteiger partial charge in [0.05, 0.1) is 12.8 Å². The molecule has 2 rings (SSSR count). The molecule has 0 saturated heterocycles. The third kappa shape index (κ3) is 2.89. The average molecular weight is 260 g/mol. The van der Waals surface area contributed by atoms with E-state index in [0.29, 0.717) is 12.3 Å². The topological polar surface area (TPSA) is 61.3 Å². The number of rotatable bonds is 4. The molecule has 1 aromatic heterocycles. The molecular formula is C15H20N2O2. The molecule has 0 saturated carbocycles. The van der Waals surface area contributed by atoms with Crippen molar-refractivity contribution in [2.75, 3.05) is 12.8 Å². The van der Waals surface area contributed by atoms with Crippen LogP contribution in [-0.2, 0) is 6.42 Å². The number of aromatic nitrogens is 1. The van der Waals surface area contributed by atoms with Gasteiger partial charge in [0.25, 0.3) is 6.01 Å². The molecule has 0 unspecified atom stereocenters. The van der Waals surface area contributed by atoms with Crippen LogP contribution in [0.3, 0.4) is 0 Å². The van der Waals surface area contributed by atoms with Gasteiger partial charge < -0.3 is 14.9 Å². The van der Waals surface area contributed by atoms with E-state index in [1.165, 1.54) is 11.1 Å². The van der Waals surface area contributed by atoms with Crippen LogP contribution in [-0.4, -0.2) is 12.1 Å². The fourth-order valence-electron chi connectivity index (χ4n) is 2.14. The van der Waals surface area contributed by atoms with Gasteiger partial charge in [-0.25, -0.2) is 0 Å². The second-order valence-corrected chi connectivity index (χ2v) is 4.97. The molecule has 1 heterocycles. The van der Waals surface area contributed by atoms with Crippen LogP contribution in [0.2, 0.25) is 0 Å². The molecule has 0 spiro atoms. The first-order valence-electron chi connectivity index (χ1n) is 6.40. The van der Waals surface area contributed by atoms with E-state index in [2.05, 4.69) is 24.9 Å². The number of hydrogen-bond donors (Lipinski definition) is 1. The molecule has 19 heavy (non-hydrogen) atoms. The van der Waals surface area contributed by atoms with Crippen molar-refractivity contribution in [2.24, 2.45) is 0 Å². The summed E-state index contributed by atoms with van der Waals surface area (Å²) in [5, 5.41) is 0. The largest absolute Gasteiger partial charge is 0.496 e. The number of nitrogen functional groups attached to an aromatic ring is 1. The van der Waals surface area contributed by atoms with Crippen LogP contribution >= 0.6 is 0 Å². The lowest BCUT2D eigenvalue weighted by Gasteiger charge is -2.13. The highest BCUT2D eigenvalue weighted by molar-refractivity contribution is 5.40. The molecule has 0 atom stereocenters. The van der Waals surface area contributed by atoms with Crippen molar-refractivity contribution in [2.45, 2.75) is 33.1 Å². The summed E-state index contributed by atoms with van der Waals surface area (Å²) < 4.78 is 10.8. The van der Waals surface area contributed by atoms with E-state index in [4.69, 9.17) is 14.9 Å². The molecule has 0 aliphatic heterocycles. The van der Waals surface area contributed by atoms with Crippen LogP contribution in [0.1, 0.15) is 42.3 Å². The average Bonchev–Trinajstić information content (AvgIpc) is 2.67. The van der Waals surface area contributed by atoms with E-state index < -0.39 is 0 Å². The Balaban J connectivity index is 2.31. The third-order valence-electron chi connectivity index (χ3n) is 3.19. The molecule has 0 fully saturated rings. The second kappa shape index (κ2) is 5.34. The van der Waals surface area contributed by atoms with Crippen molar-refractivity contribution in [3.8, 4) is 5.75 Å². The van der Waals surface area contributed by atoms with Crippen molar-refractivity contribution in [3.63, 3.8) is 0 Å². The van der Waals surface area contributed by atoms with Gasteiger partial charge in [0.1, 0.15) is 11.5 Å². The maximum absolute atomic E-state index is 5.56. The number of benzene rings is 1. The predicted octanol–water partition coefficient (Wildman–Crippen LogP) is 3.29. The second-order valence-electron chi connectivity index (χ2n) is 4.97. The summed E-state index contributed by atoms with van der Waals surface area (Å²) in [6.45, 7) is 6.21. The summed E-state index contributed by atoms with van der Waals surface area (Å²) in [5.41, 5.74) is 8.78. The Bertz CT molecular complexity index is 574. The van der Waals surface area contributed by atoms with Gasteiger partial charge in [-0.05, 0) is 30.0 Å². The van der Waals surface area contributed by atoms with Crippen LogP contribution in [0.5, 0.6) is 5.75 Å². The first-order valence-corrected chi connectivity index (χ1v) is 6.40. The minimum absolute atomic E-state index is 0.227. The van der Waals surface area contributed by atoms with Crippen molar-refractivity contribution in [1.29, 1.82) is 0 Å². The molecule has 0 bridgehead atoms. The number of methoxy groups -OCH3 is 1. The number of hydrogen-bond acceptors (Lipinski definition) is 4. The SMILES string of the molecule is COc1ccc(Cc2oc(N)nc2C)cc1C(C)C. The zero-order valence-electron chi connectivity index (χ0n) is 11.9. The Labute approximate surface area is 113 Å². The van der Waals surface area contributed by atoms with Gasteiger partial charge in [0, 0.05) is 6.42 Å². The first kappa shape index (κ1) is 13.5. The highest BCUT2D eigenvalue weighted by atomic mass is 16.5. The van der Waals surface area contributed by atoms with E-state index >= 15 is 0 Å². The Morgan fingerprint density at radius 2 is 2.11 bits per heavy atom. The molecule has 0 radical (unpaired) electrons. The zero-order valence-corrected chi connectivity index (χ0v) is 11.9. The van der Waals surface area contributed by atoms with E-state index in [-0.39, 0.29) is 6.01 Å².